The minimum Gasteiger partial charge on any atom is -0.347 e. The maximum Gasteiger partial charge on any atom is 0.225 e. The van der Waals surface area contributed by atoms with E-state index in [1.807, 2.05) is 61.6 Å². The van der Waals surface area contributed by atoms with Crippen molar-refractivity contribution in [1.29, 1.82) is 0 Å². The fourth-order valence-corrected chi connectivity index (χ4v) is 4.29. The molecule has 3 aromatic rings. The number of carbonyl (C=O) groups is 1. The molecular weight excluding hydrogens is 422 g/mol. The second-order valence-electron chi connectivity index (χ2n) is 8.38. The van der Waals surface area contributed by atoms with E-state index >= 15 is 0 Å². The zero-order valence-corrected chi connectivity index (χ0v) is 19.4. The molecule has 1 atom stereocenters. The third-order valence-corrected chi connectivity index (χ3v) is 5.95. The average Bonchev–Trinajstić information content (AvgIpc) is 3.23. The van der Waals surface area contributed by atoms with E-state index in [2.05, 4.69) is 27.3 Å². The first kappa shape index (κ1) is 22.2. The number of likely N-dealkylation sites (tertiary alicyclic amines) is 1. The van der Waals surface area contributed by atoms with Gasteiger partial charge in [-0.1, -0.05) is 35.9 Å². The van der Waals surface area contributed by atoms with Gasteiger partial charge in [-0.25, -0.2) is 9.97 Å². The van der Waals surface area contributed by atoms with E-state index in [-0.39, 0.29) is 11.9 Å². The van der Waals surface area contributed by atoms with Gasteiger partial charge in [0.1, 0.15) is 0 Å². The maximum absolute atomic E-state index is 11.3. The molecule has 0 radical (unpaired) electrons. The summed E-state index contributed by atoms with van der Waals surface area (Å²) >= 11 is 6.12. The smallest absolute Gasteiger partial charge is 0.225 e. The lowest BCUT2D eigenvalue weighted by molar-refractivity contribution is -0.114. The van der Waals surface area contributed by atoms with Gasteiger partial charge in [-0.3, -0.25) is 9.69 Å². The first-order valence-corrected chi connectivity index (χ1v) is 11.2. The number of rotatable bonds is 6. The van der Waals surface area contributed by atoms with Gasteiger partial charge in [0.05, 0.1) is 11.7 Å². The normalized spacial score (nSPS) is 16.2. The molecule has 7 heteroatoms. The third-order valence-electron chi connectivity index (χ3n) is 5.70. The molecule has 0 aliphatic carbocycles. The molecule has 1 amide bonds. The SMILES string of the molecule is CC(=O)Nc1ccc(CN2CCC[C@@H]2c2nc(N(C)C)ncc2-c2ccc(Cl)cc2)cc1. The van der Waals surface area contributed by atoms with Crippen LogP contribution in [-0.4, -0.2) is 41.4 Å². The topological polar surface area (TPSA) is 61.4 Å². The quantitative estimate of drug-likeness (QED) is 0.563. The number of halogens is 1. The van der Waals surface area contributed by atoms with E-state index in [9.17, 15) is 4.79 Å². The lowest BCUT2D eigenvalue weighted by Crippen LogP contribution is -2.25. The van der Waals surface area contributed by atoms with Crippen molar-refractivity contribution in [2.45, 2.75) is 32.4 Å². The molecule has 0 spiro atoms. The first-order valence-electron chi connectivity index (χ1n) is 10.8. The van der Waals surface area contributed by atoms with Crippen molar-refractivity contribution in [3.05, 3.63) is 71.0 Å². The average molecular weight is 450 g/mol. The van der Waals surface area contributed by atoms with E-state index in [0.29, 0.717) is 11.0 Å². The Kier molecular flexibility index (Phi) is 6.72. The van der Waals surface area contributed by atoms with Crippen LogP contribution in [0, 0.1) is 0 Å². The van der Waals surface area contributed by atoms with Crippen molar-refractivity contribution in [2.24, 2.45) is 0 Å². The van der Waals surface area contributed by atoms with Gasteiger partial charge in [-0.15, -0.1) is 0 Å². The highest BCUT2D eigenvalue weighted by Gasteiger charge is 2.30. The highest BCUT2D eigenvalue weighted by molar-refractivity contribution is 6.30. The Morgan fingerprint density at radius 1 is 1.16 bits per heavy atom. The summed E-state index contributed by atoms with van der Waals surface area (Å²) in [4.78, 5) is 25.3. The summed E-state index contributed by atoms with van der Waals surface area (Å²) in [5.41, 5.74) is 5.20. The van der Waals surface area contributed by atoms with Crippen molar-refractivity contribution in [3.63, 3.8) is 0 Å². The van der Waals surface area contributed by atoms with Crippen LogP contribution in [0.5, 0.6) is 0 Å². The Labute approximate surface area is 194 Å². The Hall–Kier alpha value is -2.96. The largest absolute Gasteiger partial charge is 0.347 e. The summed E-state index contributed by atoms with van der Waals surface area (Å²) in [6.07, 6.45) is 4.10. The van der Waals surface area contributed by atoms with Gasteiger partial charge in [0.15, 0.2) is 0 Å². The number of hydrogen-bond acceptors (Lipinski definition) is 5. The lowest BCUT2D eigenvalue weighted by Gasteiger charge is -2.27. The number of aromatic nitrogens is 2. The molecular formula is C25H28ClN5O. The molecule has 2 aromatic carbocycles. The van der Waals surface area contributed by atoms with Crippen LogP contribution in [0.2, 0.25) is 5.02 Å². The highest BCUT2D eigenvalue weighted by Crippen LogP contribution is 2.38. The van der Waals surface area contributed by atoms with E-state index < -0.39 is 0 Å². The number of nitrogens with zero attached hydrogens (tertiary/aromatic N) is 4. The van der Waals surface area contributed by atoms with Crippen LogP contribution < -0.4 is 10.2 Å². The van der Waals surface area contributed by atoms with Crippen LogP contribution in [0.25, 0.3) is 11.1 Å². The third kappa shape index (κ3) is 5.09. The van der Waals surface area contributed by atoms with Crippen molar-refractivity contribution in [1.82, 2.24) is 14.9 Å². The Balaban J connectivity index is 1.64. The Bertz CT molecular complexity index is 1080. The number of carbonyl (C=O) groups excluding carboxylic acids is 1. The molecule has 1 saturated heterocycles. The monoisotopic (exact) mass is 449 g/mol. The number of nitrogens with one attached hydrogen (secondary N) is 1. The molecule has 0 unspecified atom stereocenters. The minimum atomic E-state index is -0.0625. The molecule has 32 heavy (non-hydrogen) atoms. The van der Waals surface area contributed by atoms with E-state index in [1.54, 1.807) is 0 Å². The zero-order valence-electron chi connectivity index (χ0n) is 18.7. The lowest BCUT2D eigenvalue weighted by atomic mass is 9.99. The summed E-state index contributed by atoms with van der Waals surface area (Å²) in [5.74, 6) is 0.650. The van der Waals surface area contributed by atoms with Gasteiger partial charge in [0, 0.05) is 50.0 Å². The minimum absolute atomic E-state index is 0.0625. The van der Waals surface area contributed by atoms with Gasteiger partial charge >= 0.3 is 0 Å². The molecule has 1 N–H and O–H groups in total. The second kappa shape index (κ2) is 9.67. The molecule has 6 nitrogen and oxygen atoms in total. The highest BCUT2D eigenvalue weighted by atomic mass is 35.5. The first-order chi connectivity index (χ1) is 15.4. The molecule has 1 aliphatic heterocycles. The standard InChI is InChI=1S/C25H28ClN5O/c1-17(32)28-21-12-6-18(7-13-21)16-31-14-4-5-23(31)24-22(15-27-25(29-24)30(2)3)19-8-10-20(26)11-9-19/h6-13,15,23H,4-5,14,16H2,1-3H3,(H,28,32)/t23-/m1/s1. The fraction of sp³-hybridized carbons (Fsp3) is 0.320. The van der Waals surface area contributed by atoms with Gasteiger partial charge in [-0.05, 0) is 54.8 Å². The molecule has 166 valence electrons. The van der Waals surface area contributed by atoms with Crippen molar-refractivity contribution < 1.29 is 4.79 Å². The van der Waals surface area contributed by atoms with Crippen LogP contribution in [0.4, 0.5) is 11.6 Å². The molecule has 0 saturated carbocycles. The summed E-state index contributed by atoms with van der Waals surface area (Å²) in [7, 11) is 3.92. The number of anilines is 2. The number of amides is 1. The van der Waals surface area contributed by atoms with Crippen LogP contribution >= 0.6 is 11.6 Å². The van der Waals surface area contributed by atoms with Crippen LogP contribution in [0.15, 0.2) is 54.7 Å². The van der Waals surface area contributed by atoms with Crippen LogP contribution in [0.3, 0.4) is 0 Å². The summed E-state index contributed by atoms with van der Waals surface area (Å²) < 4.78 is 0. The molecule has 1 aliphatic rings. The number of benzene rings is 2. The van der Waals surface area contributed by atoms with E-state index in [0.717, 1.165) is 48.4 Å². The predicted octanol–water partition coefficient (Wildman–Crippen LogP) is 5.16. The van der Waals surface area contributed by atoms with Crippen LogP contribution in [-0.2, 0) is 11.3 Å². The van der Waals surface area contributed by atoms with E-state index in [1.165, 1.54) is 12.5 Å². The maximum atomic E-state index is 11.3. The molecule has 2 heterocycles. The molecule has 0 bridgehead atoms. The van der Waals surface area contributed by atoms with Gasteiger partial charge in [0.2, 0.25) is 11.9 Å². The van der Waals surface area contributed by atoms with Crippen molar-refractivity contribution in [2.75, 3.05) is 30.9 Å². The fourth-order valence-electron chi connectivity index (χ4n) is 4.16. The second-order valence-corrected chi connectivity index (χ2v) is 8.81. The number of hydrogen-bond donors (Lipinski definition) is 1. The van der Waals surface area contributed by atoms with Crippen LogP contribution in [0.1, 0.15) is 37.1 Å². The molecule has 1 fully saturated rings. The van der Waals surface area contributed by atoms with Gasteiger partial charge in [-0.2, -0.15) is 0 Å². The van der Waals surface area contributed by atoms with Crippen molar-refractivity contribution in [3.8, 4) is 11.1 Å². The Morgan fingerprint density at radius 3 is 2.53 bits per heavy atom. The summed E-state index contributed by atoms with van der Waals surface area (Å²) in [6, 6.07) is 16.1. The zero-order chi connectivity index (χ0) is 22.7. The summed E-state index contributed by atoms with van der Waals surface area (Å²) in [5, 5.41) is 3.54. The van der Waals surface area contributed by atoms with Crippen molar-refractivity contribution >= 4 is 29.1 Å². The molecule has 1 aromatic heterocycles. The van der Waals surface area contributed by atoms with Gasteiger partial charge in [0.25, 0.3) is 0 Å². The predicted molar refractivity (Wildman–Crippen MR) is 130 cm³/mol. The van der Waals surface area contributed by atoms with E-state index in [4.69, 9.17) is 16.6 Å². The molecule has 4 rings (SSSR count). The Morgan fingerprint density at radius 2 is 1.88 bits per heavy atom. The van der Waals surface area contributed by atoms with Gasteiger partial charge < -0.3 is 10.2 Å². The summed E-state index contributed by atoms with van der Waals surface area (Å²) in [6.45, 7) is 3.36.